The molecule has 0 aliphatic rings. The molecule has 0 bridgehead atoms. The van der Waals surface area contributed by atoms with Crippen LogP contribution < -0.4 is 10.1 Å². The Hall–Kier alpha value is -3.58. The highest BCUT2D eigenvalue weighted by Crippen LogP contribution is 2.23. The van der Waals surface area contributed by atoms with Crippen molar-refractivity contribution < 1.29 is 9.53 Å². The molecule has 2 aromatic carbocycles. The molecule has 2 heterocycles. The number of nitrogens with zero attached hydrogens (tertiary/aromatic N) is 3. The summed E-state index contributed by atoms with van der Waals surface area (Å²) in [6.45, 7) is 0. The van der Waals surface area contributed by atoms with Gasteiger partial charge in [-0.1, -0.05) is 30.3 Å². The Morgan fingerprint density at radius 2 is 1.74 bits per heavy atom. The number of aromatic nitrogens is 3. The fourth-order valence-corrected chi connectivity index (χ4v) is 2.94. The molecule has 7 heteroatoms. The first kappa shape index (κ1) is 16.9. The van der Waals surface area contributed by atoms with Gasteiger partial charge >= 0.3 is 0 Å². The number of hydrogen-bond donors (Lipinski definition) is 1. The van der Waals surface area contributed by atoms with E-state index in [2.05, 4.69) is 19.7 Å². The SMILES string of the molecule is O=C(Nc1nc(-c2ccccn2)ns1)c1cccc(Oc2ccccc2)c1. The van der Waals surface area contributed by atoms with Gasteiger partial charge in [0.2, 0.25) is 5.13 Å². The van der Waals surface area contributed by atoms with Crippen LogP contribution in [0.2, 0.25) is 0 Å². The molecule has 0 radical (unpaired) electrons. The number of benzene rings is 2. The number of pyridine rings is 1. The molecule has 1 amide bonds. The lowest BCUT2D eigenvalue weighted by atomic mass is 10.2. The van der Waals surface area contributed by atoms with Gasteiger partial charge in [0.25, 0.3) is 5.91 Å². The van der Waals surface area contributed by atoms with Gasteiger partial charge in [0, 0.05) is 23.3 Å². The minimum absolute atomic E-state index is 0.280. The lowest BCUT2D eigenvalue weighted by molar-refractivity contribution is 0.102. The number of nitrogens with one attached hydrogen (secondary N) is 1. The molecule has 0 aliphatic heterocycles. The summed E-state index contributed by atoms with van der Waals surface area (Å²) in [4.78, 5) is 21.0. The summed E-state index contributed by atoms with van der Waals surface area (Å²) >= 11 is 1.11. The fraction of sp³-hybridized carbons (Fsp3) is 0. The molecule has 6 nitrogen and oxygen atoms in total. The molecule has 132 valence electrons. The Labute approximate surface area is 159 Å². The van der Waals surface area contributed by atoms with Crippen LogP contribution in [0.15, 0.2) is 79.0 Å². The Morgan fingerprint density at radius 3 is 2.56 bits per heavy atom. The predicted molar refractivity (Wildman–Crippen MR) is 104 cm³/mol. The normalized spacial score (nSPS) is 10.4. The van der Waals surface area contributed by atoms with Crippen molar-refractivity contribution in [2.24, 2.45) is 0 Å². The molecular weight excluding hydrogens is 360 g/mol. The highest BCUT2D eigenvalue weighted by atomic mass is 32.1. The summed E-state index contributed by atoms with van der Waals surface area (Å²) in [6, 6.07) is 21.9. The largest absolute Gasteiger partial charge is 0.457 e. The summed E-state index contributed by atoms with van der Waals surface area (Å²) in [5, 5.41) is 3.17. The minimum atomic E-state index is -0.280. The van der Waals surface area contributed by atoms with E-state index in [1.54, 1.807) is 30.5 Å². The number of anilines is 1. The van der Waals surface area contributed by atoms with E-state index in [1.807, 2.05) is 48.5 Å². The van der Waals surface area contributed by atoms with Gasteiger partial charge in [0.1, 0.15) is 17.2 Å². The van der Waals surface area contributed by atoms with Crippen LogP contribution in [0, 0.1) is 0 Å². The molecule has 0 atom stereocenters. The van der Waals surface area contributed by atoms with E-state index < -0.39 is 0 Å². The number of para-hydroxylation sites is 1. The second-order valence-electron chi connectivity index (χ2n) is 5.54. The molecule has 4 aromatic rings. The van der Waals surface area contributed by atoms with Gasteiger partial charge in [-0.3, -0.25) is 15.1 Å². The third-order valence-electron chi connectivity index (χ3n) is 3.62. The number of ether oxygens (including phenoxy) is 1. The summed E-state index contributed by atoms with van der Waals surface area (Å²) in [5.41, 5.74) is 1.13. The Kier molecular flexibility index (Phi) is 4.84. The van der Waals surface area contributed by atoms with Crippen molar-refractivity contribution in [1.29, 1.82) is 0 Å². The first-order valence-electron chi connectivity index (χ1n) is 8.17. The fourth-order valence-electron chi connectivity index (χ4n) is 2.37. The number of hydrogen-bond acceptors (Lipinski definition) is 6. The molecule has 0 spiro atoms. The van der Waals surface area contributed by atoms with E-state index in [9.17, 15) is 4.79 Å². The summed E-state index contributed by atoms with van der Waals surface area (Å²) in [7, 11) is 0. The van der Waals surface area contributed by atoms with E-state index in [-0.39, 0.29) is 5.91 Å². The third-order valence-corrected chi connectivity index (χ3v) is 4.25. The van der Waals surface area contributed by atoms with E-state index in [0.29, 0.717) is 33.7 Å². The van der Waals surface area contributed by atoms with Crippen LogP contribution in [0.5, 0.6) is 11.5 Å². The van der Waals surface area contributed by atoms with Crippen LogP contribution in [0.3, 0.4) is 0 Å². The van der Waals surface area contributed by atoms with Crippen molar-refractivity contribution in [2.45, 2.75) is 0 Å². The standard InChI is InChI=1S/C20H14N4O2S/c25-19(23-20-22-18(24-27-20)17-11-4-5-12-21-17)14-7-6-10-16(13-14)26-15-8-2-1-3-9-15/h1-13H,(H,22,23,24,25). The van der Waals surface area contributed by atoms with Gasteiger partial charge < -0.3 is 4.74 Å². The minimum Gasteiger partial charge on any atom is -0.457 e. The molecule has 0 saturated heterocycles. The van der Waals surface area contributed by atoms with Crippen molar-refractivity contribution in [2.75, 3.05) is 5.32 Å². The Morgan fingerprint density at radius 1 is 0.926 bits per heavy atom. The molecule has 27 heavy (non-hydrogen) atoms. The van der Waals surface area contributed by atoms with Crippen molar-refractivity contribution >= 4 is 22.6 Å². The van der Waals surface area contributed by atoms with E-state index >= 15 is 0 Å². The molecule has 0 saturated carbocycles. The van der Waals surface area contributed by atoms with Crippen molar-refractivity contribution in [3.05, 3.63) is 84.6 Å². The van der Waals surface area contributed by atoms with E-state index in [0.717, 1.165) is 11.5 Å². The van der Waals surface area contributed by atoms with Crippen LogP contribution in [0.1, 0.15) is 10.4 Å². The zero-order valence-corrected chi connectivity index (χ0v) is 14.9. The van der Waals surface area contributed by atoms with E-state index in [4.69, 9.17) is 4.74 Å². The second kappa shape index (κ2) is 7.76. The first-order valence-corrected chi connectivity index (χ1v) is 8.95. The van der Waals surface area contributed by atoms with E-state index in [1.165, 1.54) is 0 Å². The van der Waals surface area contributed by atoms with Crippen molar-refractivity contribution in [3.8, 4) is 23.0 Å². The zero-order chi connectivity index (χ0) is 18.5. The quantitative estimate of drug-likeness (QED) is 0.550. The van der Waals surface area contributed by atoms with Crippen LogP contribution in [0.4, 0.5) is 5.13 Å². The van der Waals surface area contributed by atoms with Crippen LogP contribution in [-0.2, 0) is 0 Å². The predicted octanol–water partition coefficient (Wildman–Crippen LogP) is 4.64. The highest BCUT2D eigenvalue weighted by Gasteiger charge is 2.12. The van der Waals surface area contributed by atoms with Crippen molar-refractivity contribution in [1.82, 2.24) is 14.3 Å². The van der Waals surface area contributed by atoms with Gasteiger partial charge in [-0.15, -0.1) is 0 Å². The molecule has 2 aromatic heterocycles. The summed E-state index contributed by atoms with van der Waals surface area (Å²) in [6.07, 6.45) is 1.67. The second-order valence-corrected chi connectivity index (χ2v) is 6.29. The Balaban J connectivity index is 1.47. The summed E-state index contributed by atoms with van der Waals surface area (Å²) in [5.74, 6) is 1.49. The highest BCUT2D eigenvalue weighted by molar-refractivity contribution is 7.10. The third kappa shape index (κ3) is 4.16. The molecule has 0 fully saturated rings. The maximum atomic E-state index is 12.5. The molecule has 0 aliphatic carbocycles. The zero-order valence-electron chi connectivity index (χ0n) is 14.1. The smallest absolute Gasteiger partial charge is 0.257 e. The van der Waals surface area contributed by atoms with Crippen LogP contribution in [0.25, 0.3) is 11.5 Å². The topological polar surface area (TPSA) is 77.0 Å². The van der Waals surface area contributed by atoms with Gasteiger partial charge in [-0.05, 0) is 42.5 Å². The first-order chi connectivity index (χ1) is 13.3. The lowest BCUT2D eigenvalue weighted by Crippen LogP contribution is -2.11. The maximum absolute atomic E-state index is 12.5. The maximum Gasteiger partial charge on any atom is 0.257 e. The van der Waals surface area contributed by atoms with Crippen LogP contribution in [-0.4, -0.2) is 20.2 Å². The van der Waals surface area contributed by atoms with Gasteiger partial charge in [0.15, 0.2) is 5.82 Å². The Bertz CT molecular complexity index is 1050. The summed E-state index contributed by atoms with van der Waals surface area (Å²) < 4.78 is 10.0. The molecular formula is C20H14N4O2S. The average Bonchev–Trinajstić information content (AvgIpc) is 3.18. The number of carbonyl (C=O) groups is 1. The average molecular weight is 374 g/mol. The molecule has 1 N–H and O–H groups in total. The molecule has 0 unspecified atom stereocenters. The van der Waals surface area contributed by atoms with Gasteiger partial charge in [0.05, 0.1) is 0 Å². The number of carbonyl (C=O) groups excluding carboxylic acids is 1. The van der Waals surface area contributed by atoms with Gasteiger partial charge in [-0.25, -0.2) is 0 Å². The van der Waals surface area contributed by atoms with Crippen molar-refractivity contribution in [3.63, 3.8) is 0 Å². The lowest BCUT2D eigenvalue weighted by Gasteiger charge is -2.07. The van der Waals surface area contributed by atoms with Crippen LogP contribution >= 0.6 is 11.5 Å². The monoisotopic (exact) mass is 374 g/mol. The van der Waals surface area contributed by atoms with Gasteiger partial charge in [-0.2, -0.15) is 9.36 Å². The number of rotatable bonds is 5. The molecule has 4 rings (SSSR count). The number of amides is 1.